The number of carboxylic acid groups (broad SMARTS) is 1. The van der Waals surface area contributed by atoms with Crippen LogP contribution in [0.3, 0.4) is 0 Å². The minimum Gasteiger partial charge on any atom is -0.478 e. The first-order chi connectivity index (χ1) is 9.10. The van der Waals surface area contributed by atoms with Gasteiger partial charge in [0.1, 0.15) is 0 Å². The van der Waals surface area contributed by atoms with E-state index in [0.717, 1.165) is 24.3 Å². The van der Waals surface area contributed by atoms with Gasteiger partial charge in [0.2, 0.25) is 0 Å². The van der Waals surface area contributed by atoms with Crippen molar-refractivity contribution >= 4 is 11.7 Å². The fourth-order valence-corrected chi connectivity index (χ4v) is 3.65. The molecular formula is C16H21NO2. The second kappa shape index (κ2) is 4.55. The highest BCUT2D eigenvalue weighted by atomic mass is 16.4. The predicted octanol–water partition coefficient (Wildman–Crippen LogP) is 3.46. The summed E-state index contributed by atoms with van der Waals surface area (Å²) < 4.78 is 0. The number of aryl methyl sites for hydroxylation is 1. The van der Waals surface area contributed by atoms with Gasteiger partial charge in [-0.1, -0.05) is 30.9 Å². The van der Waals surface area contributed by atoms with E-state index in [9.17, 15) is 9.90 Å². The third-order valence-corrected chi connectivity index (χ3v) is 4.69. The van der Waals surface area contributed by atoms with Gasteiger partial charge in [-0.05, 0) is 31.9 Å². The Hall–Kier alpha value is -1.51. The van der Waals surface area contributed by atoms with E-state index < -0.39 is 5.97 Å². The summed E-state index contributed by atoms with van der Waals surface area (Å²) >= 11 is 0. The zero-order valence-electron chi connectivity index (χ0n) is 11.5. The Morgan fingerprint density at radius 3 is 2.53 bits per heavy atom. The Balaban J connectivity index is 1.79. The molecule has 1 saturated carbocycles. The van der Waals surface area contributed by atoms with Crippen LogP contribution in [0.4, 0.5) is 5.69 Å². The number of carboxylic acids is 1. The second-order valence-corrected chi connectivity index (χ2v) is 6.24. The maximum Gasteiger partial charge on any atom is 0.337 e. The lowest BCUT2D eigenvalue weighted by molar-refractivity contribution is 0.0695. The van der Waals surface area contributed by atoms with Crippen LogP contribution in [-0.4, -0.2) is 24.2 Å². The van der Waals surface area contributed by atoms with E-state index >= 15 is 0 Å². The molecule has 2 aliphatic rings. The molecule has 1 spiro atoms. The number of aromatic carboxylic acids is 1. The highest BCUT2D eigenvalue weighted by Gasteiger charge is 2.44. The van der Waals surface area contributed by atoms with Crippen LogP contribution in [-0.2, 0) is 0 Å². The van der Waals surface area contributed by atoms with Crippen molar-refractivity contribution in [1.29, 1.82) is 0 Å². The van der Waals surface area contributed by atoms with Crippen molar-refractivity contribution in [1.82, 2.24) is 0 Å². The van der Waals surface area contributed by atoms with Gasteiger partial charge < -0.3 is 10.0 Å². The van der Waals surface area contributed by atoms with E-state index in [1.807, 2.05) is 19.1 Å². The normalized spacial score (nSPS) is 21.2. The number of rotatable bonds is 2. The minimum atomic E-state index is -0.816. The first-order valence-corrected chi connectivity index (χ1v) is 7.19. The van der Waals surface area contributed by atoms with Crippen LogP contribution < -0.4 is 4.90 Å². The molecule has 1 aromatic rings. The maximum absolute atomic E-state index is 11.4. The predicted molar refractivity (Wildman–Crippen MR) is 75.9 cm³/mol. The van der Waals surface area contributed by atoms with Crippen molar-refractivity contribution in [3.8, 4) is 0 Å². The molecule has 1 N–H and O–H groups in total. The number of hydrogen-bond donors (Lipinski definition) is 1. The van der Waals surface area contributed by atoms with Gasteiger partial charge in [0.25, 0.3) is 0 Å². The number of nitrogens with zero attached hydrogens (tertiary/aromatic N) is 1. The lowest BCUT2D eigenvalue weighted by Gasteiger charge is -2.54. The summed E-state index contributed by atoms with van der Waals surface area (Å²) in [5.74, 6) is -0.816. The van der Waals surface area contributed by atoms with Crippen LogP contribution in [0.2, 0.25) is 0 Å². The van der Waals surface area contributed by atoms with Gasteiger partial charge in [-0.2, -0.15) is 0 Å². The van der Waals surface area contributed by atoms with Crippen LogP contribution in [0.1, 0.15) is 48.0 Å². The summed E-state index contributed by atoms with van der Waals surface area (Å²) in [5, 5.41) is 9.33. The first-order valence-electron chi connectivity index (χ1n) is 7.19. The number of carbonyl (C=O) groups is 1. The van der Waals surface area contributed by atoms with Crippen molar-refractivity contribution in [3.63, 3.8) is 0 Å². The summed E-state index contributed by atoms with van der Waals surface area (Å²) in [5.41, 5.74) is 2.84. The molecule has 19 heavy (non-hydrogen) atoms. The van der Waals surface area contributed by atoms with E-state index in [1.165, 1.54) is 32.1 Å². The molecule has 3 nitrogen and oxygen atoms in total. The number of benzene rings is 1. The smallest absolute Gasteiger partial charge is 0.337 e. The summed E-state index contributed by atoms with van der Waals surface area (Å²) in [7, 11) is 0. The molecule has 0 aromatic heterocycles. The van der Waals surface area contributed by atoms with Gasteiger partial charge in [-0.15, -0.1) is 0 Å². The molecule has 1 aliphatic heterocycles. The van der Waals surface area contributed by atoms with Gasteiger partial charge in [0, 0.05) is 18.5 Å². The van der Waals surface area contributed by atoms with E-state index in [0.29, 0.717) is 11.0 Å². The Kier molecular flexibility index (Phi) is 3.00. The molecule has 2 fully saturated rings. The van der Waals surface area contributed by atoms with Crippen molar-refractivity contribution < 1.29 is 9.90 Å². The average molecular weight is 259 g/mol. The third-order valence-electron chi connectivity index (χ3n) is 4.69. The van der Waals surface area contributed by atoms with E-state index in [2.05, 4.69) is 4.90 Å². The standard InChI is InChI=1S/C16H21NO2/c1-12-5-6-14(13(9-12)15(18)19)17-10-16(11-17)7-3-2-4-8-16/h5-6,9H,2-4,7-8,10-11H2,1H3,(H,18,19). The van der Waals surface area contributed by atoms with Gasteiger partial charge in [-0.25, -0.2) is 4.79 Å². The Morgan fingerprint density at radius 1 is 1.21 bits per heavy atom. The van der Waals surface area contributed by atoms with Gasteiger partial charge in [-0.3, -0.25) is 0 Å². The molecule has 1 aromatic carbocycles. The molecule has 0 radical (unpaired) electrons. The van der Waals surface area contributed by atoms with Crippen LogP contribution >= 0.6 is 0 Å². The summed E-state index contributed by atoms with van der Waals surface area (Å²) in [4.78, 5) is 13.6. The lowest BCUT2D eigenvalue weighted by Crippen LogP contribution is -2.57. The molecule has 3 rings (SSSR count). The highest BCUT2D eigenvalue weighted by Crippen LogP contribution is 2.46. The quantitative estimate of drug-likeness (QED) is 0.884. The monoisotopic (exact) mass is 259 g/mol. The highest BCUT2D eigenvalue weighted by molar-refractivity contribution is 5.95. The maximum atomic E-state index is 11.4. The molecule has 0 amide bonds. The van der Waals surface area contributed by atoms with Gasteiger partial charge in [0.05, 0.1) is 11.3 Å². The van der Waals surface area contributed by atoms with Crippen LogP contribution in [0.25, 0.3) is 0 Å². The molecule has 0 unspecified atom stereocenters. The lowest BCUT2D eigenvalue weighted by atomic mass is 9.68. The van der Waals surface area contributed by atoms with E-state index in [1.54, 1.807) is 6.07 Å². The molecular weight excluding hydrogens is 238 g/mol. The summed E-state index contributed by atoms with van der Waals surface area (Å²) in [6.45, 7) is 4.02. The molecule has 3 heteroatoms. The topological polar surface area (TPSA) is 40.5 Å². The SMILES string of the molecule is Cc1ccc(N2CC3(CCCCC3)C2)c(C(=O)O)c1. The summed E-state index contributed by atoms with van der Waals surface area (Å²) in [6.07, 6.45) is 6.68. The van der Waals surface area contributed by atoms with Crippen LogP contribution in [0, 0.1) is 12.3 Å². The minimum absolute atomic E-state index is 0.450. The van der Waals surface area contributed by atoms with Gasteiger partial charge in [0.15, 0.2) is 0 Å². The van der Waals surface area contributed by atoms with Crippen LogP contribution in [0.5, 0.6) is 0 Å². The van der Waals surface area contributed by atoms with Crippen molar-refractivity contribution in [3.05, 3.63) is 29.3 Å². The van der Waals surface area contributed by atoms with E-state index in [-0.39, 0.29) is 0 Å². The molecule has 0 bridgehead atoms. The summed E-state index contributed by atoms with van der Waals surface area (Å²) in [6, 6.07) is 5.76. The molecule has 102 valence electrons. The fraction of sp³-hybridized carbons (Fsp3) is 0.562. The third kappa shape index (κ3) is 2.22. The number of hydrogen-bond acceptors (Lipinski definition) is 2. The first kappa shape index (κ1) is 12.5. The van der Waals surface area contributed by atoms with Crippen molar-refractivity contribution in [2.75, 3.05) is 18.0 Å². The fourth-order valence-electron chi connectivity index (χ4n) is 3.65. The van der Waals surface area contributed by atoms with Crippen molar-refractivity contribution in [2.45, 2.75) is 39.0 Å². The molecule has 1 aliphatic carbocycles. The Labute approximate surface area is 114 Å². The molecule has 1 saturated heterocycles. The average Bonchev–Trinajstić information content (AvgIpc) is 2.37. The molecule has 0 atom stereocenters. The zero-order chi connectivity index (χ0) is 13.5. The Bertz CT molecular complexity index is 495. The number of anilines is 1. The van der Waals surface area contributed by atoms with Gasteiger partial charge >= 0.3 is 5.97 Å². The van der Waals surface area contributed by atoms with E-state index in [4.69, 9.17) is 0 Å². The largest absolute Gasteiger partial charge is 0.478 e. The second-order valence-electron chi connectivity index (χ2n) is 6.24. The zero-order valence-corrected chi connectivity index (χ0v) is 11.5. The van der Waals surface area contributed by atoms with Crippen LogP contribution in [0.15, 0.2) is 18.2 Å². The molecule has 1 heterocycles. The Morgan fingerprint density at radius 2 is 1.89 bits per heavy atom. The van der Waals surface area contributed by atoms with Crippen molar-refractivity contribution in [2.24, 2.45) is 5.41 Å².